The van der Waals surface area contributed by atoms with Crippen LogP contribution in [0, 0.1) is 11.3 Å². The molecule has 1 aromatic rings. The first-order valence-corrected chi connectivity index (χ1v) is 7.81. The fourth-order valence-corrected chi connectivity index (χ4v) is 3.16. The topological polar surface area (TPSA) is 48.1 Å². The summed E-state index contributed by atoms with van der Waals surface area (Å²) < 4.78 is 1.80. The SMILES string of the molecule is C=C/C(C#N)=C1/C(N2CCCC2)=CC(c2cnn(C)c2)=CN1C. The molecule has 0 saturated carbocycles. The van der Waals surface area contributed by atoms with Gasteiger partial charge in [0.2, 0.25) is 0 Å². The van der Waals surface area contributed by atoms with E-state index >= 15 is 0 Å². The smallest absolute Gasteiger partial charge is 0.101 e. The molecule has 0 amide bonds. The molecule has 0 spiro atoms. The minimum absolute atomic E-state index is 0.604. The molecule has 0 aromatic carbocycles. The Kier molecular flexibility index (Phi) is 4.07. The highest BCUT2D eigenvalue weighted by Crippen LogP contribution is 2.33. The number of aromatic nitrogens is 2. The number of hydrogen-bond donors (Lipinski definition) is 0. The number of likely N-dealkylation sites (tertiary alicyclic amines) is 1. The Morgan fingerprint density at radius 1 is 1.35 bits per heavy atom. The zero-order valence-electron chi connectivity index (χ0n) is 13.7. The van der Waals surface area contributed by atoms with Crippen molar-refractivity contribution >= 4 is 5.57 Å². The maximum atomic E-state index is 9.46. The number of rotatable bonds is 3. The van der Waals surface area contributed by atoms with Crippen LogP contribution >= 0.6 is 0 Å². The van der Waals surface area contributed by atoms with E-state index in [9.17, 15) is 5.26 Å². The zero-order valence-corrected chi connectivity index (χ0v) is 13.7. The molecule has 5 nitrogen and oxygen atoms in total. The van der Waals surface area contributed by atoms with E-state index in [1.807, 2.05) is 37.6 Å². The average molecular weight is 307 g/mol. The molecule has 0 aliphatic carbocycles. The van der Waals surface area contributed by atoms with E-state index in [2.05, 4.69) is 28.7 Å². The first-order valence-electron chi connectivity index (χ1n) is 7.81. The monoisotopic (exact) mass is 307 g/mol. The van der Waals surface area contributed by atoms with Crippen LogP contribution in [0.4, 0.5) is 0 Å². The Labute approximate surface area is 137 Å². The highest BCUT2D eigenvalue weighted by atomic mass is 15.2. The maximum absolute atomic E-state index is 9.46. The predicted molar refractivity (Wildman–Crippen MR) is 90.7 cm³/mol. The molecule has 118 valence electrons. The van der Waals surface area contributed by atoms with E-state index in [4.69, 9.17) is 0 Å². The van der Waals surface area contributed by atoms with Crippen molar-refractivity contribution in [2.24, 2.45) is 7.05 Å². The van der Waals surface area contributed by atoms with Crippen molar-refractivity contribution in [3.63, 3.8) is 0 Å². The Bertz CT molecular complexity index is 751. The van der Waals surface area contributed by atoms with Gasteiger partial charge in [-0.1, -0.05) is 6.58 Å². The van der Waals surface area contributed by atoms with Gasteiger partial charge >= 0.3 is 0 Å². The second-order valence-corrected chi connectivity index (χ2v) is 5.90. The molecule has 0 bridgehead atoms. The normalized spacial score (nSPS) is 20.0. The summed E-state index contributed by atoms with van der Waals surface area (Å²) in [7, 11) is 3.90. The van der Waals surface area contributed by atoms with Crippen LogP contribution in [0.3, 0.4) is 0 Å². The van der Waals surface area contributed by atoms with Crippen molar-refractivity contribution in [2.45, 2.75) is 12.8 Å². The van der Waals surface area contributed by atoms with Gasteiger partial charge in [-0.2, -0.15) is 10.4 Å². The lowest BCUT2D eigenvalue weighted by atomic mass is 10.0. The lowest BCUT2D eigenvalue weighted by Crippen LogP contribution is -2.28. The standard InChI is InChI=1S/C18H21N5/c1-4-14(10-19)18-17(23-7-5-6-8-23)9-15(12-21(18)2)16-11-20-22(3)13-16/h4,9,11-13H,1,5-8H2,2-3H3/b18-14+. The van der Waals surface area contributed by atoms with E-state index in [0.717, 1.165) is 35.6 Å². The van der Waals surface area contributed by atoms with E-state index in [0.29, 0.717) is 5.57 Å². The molecule has 23 heavy (non-hydrogen) atoms. The molecular formula is C18H21N5. The van der Waals surface area contributed by atoms with Crippen molar-refractivity contribution in [3.8, 4) is 6.07 Å². The van der Waals surface area contributed by atoms with Crippen LogP contribution in [0.5, 0.6) is 0 Å². The molecule has 1 saturated heterocycles. The highest BCUT2D eigenvalue weighted by Gasteiger charge is 2.26. The first-order chi connectivity index (χ1) is 11.1. The minimum atomic E-state index is 0.604. The fraction of sp³-hybridized carbons (Fsp3) is 0.333. The van der Waals surface area contributed by atoms with Crippen LogP contribution in [0.15, 0.2) is 54.3 Å². The fourth-order valence-electron chi connectivity index (χ4n) is 3.16. The lowest BCUT2D eigenvalue weighted by Gasteiger charge is -2.33. The van der Waals surface area contributed by atoms with Gasteiger partial charge in [0.25, 0.3) is 0 Å². The first kappa shape index (κ1) is 15.2. The summed E-state index contributed by atoms with van der Waals surface area (Å²) in [5.41, 5.74) is 4.81. The van der Waals surface area contributed by atoms with Crippen LogP contribution in [0.2, 0.25) is 0 Å². The number of nitrogens with zero attached hydrogens (tertiary/aromatic N) is 5. The summed E-state index contributed by atoms with van der Waals surface area (Å²) in [6.07, 6.45) is 12.1. The third kappa shape index (κ3) is 2.80. The van der Waals surface area contributed by atoms with Gasteiger partial charge < -0.3 is 9.80 Å². The molecule has 0 N–H and O–H groups in total. The van der Waals surface area contributed by atoms with Crippen molar-refractivity contribution in [3.05, 3.63) is 59.9 Å². The van der Waals surface area contributed by atoms with Gasteiger partial charge in [-0.3, -0.25) is 4.68 Å². The van der Waals surface area contributed by atoms with Crippen LogP contribution in [-0.4, -0.2) is 39.7 Å². The second-order valence-electron chi connectivity index (χ2n) is 5.90. The number of hydrogen-bond acceptors (Lipinski definition) is 4. The lowest BCUT2D eigenvalue weighted by molar-refractivity contribution is 0.401. The Balaban J connectivity index is 2.10. The third-order valence-corrected chi connectivity index (χ3v) is 4.28. The number of nitriles is 1. The van der Waals surface area contributed by atoms with E-state index in [-0.39, 0.29) is 0 Å². The molecule has 0 unspecified atom stereocenters. The summed E-state index contributed by atoms with van der Waals surface area (Å²) in [5.74, 6) is 0. The average Bonchev–Trinajstić information content (AvgIpc) is 3.21. The number of likely N-dealkylation sites (N-methyl/N-ethyl adjacent to an activating group) is 1. The Morgan fingerprint density at radius 3 is 2.65 bits per heavy atom. The quantitative estimate of drug-likeness (QED) is 0.806. The van der Waals surface area contributed by atoms with Gasteiger partial charge in [-0.25, -0.2) is 0 Å². The molecule has 2 aliphatic heterocycles. The van der Waals surface area contributed by atoms with Crippen molar-refractivity contribution in [1.82, 2.24) is 19.6 Å². The van der Waals surface area contributed by atoms with Gasteiger partial charge in [-0.15, -0.1) is 0 Å². The molecule has 3 heterocycles. The zero-order chi connectivity index (χ0) is 16.4. The summed E-state index contributed by atoms with van der Waals surface area (Å²) in [5, 5.41) is 13.7. The minimum Gasteiger partial charge on any atom is -0.370 e. The molecule has 1 fully saturated rings. The van der Waals surface area contributed by atoms with Crippen molar-refractivity contribution in [2.75, 3.05) is 20.1 Å². The van der Waals surface area contributed by atoms with Crippen LogP contribution < -0.4 is 0 Å². The molecule has 5 heteroatoms. The van der Waals surface area contributed by atoms with E-state index in [1.165, 1.54) is 12.8 Å². The van der Waals surface area contributed by atoms with E-state index < -0.39 is 0 Å². The molecule has 0 radical (unpaired) electrons. The van der Waals surface area contributed by atoms with Crippen LogP contribution in [-0.2, 0) is 7.05 Å². The summed E-state index contributed by atoms with van der Waals surface area (Å²) in [4.78, 5) is 4.38. The van der Waals surface area contributed by atoms with E-state index in [1.54, 1.807) is 10.8 Å². The molecule has 2 aliphatic rings. The number of allylic oxidation sites excluding steroid dienone is 4. The van der Waals surface area contributed by atoms with Crippen LogP contribution in [0.1, 0.15) is 18.4 Å². The largest absolute Gasteiger partial charge is 0.370 e. The second kappa shape index (κ2) is 6.17. The summed E-state index contributed by atoms with van der Waals surface area (Å²) in [6.45, 7) is 5.85. The van der Waals surface area contributed by atoms with Gasteiger partial charge in [0, 0.05) is 50.7 Å². The number of aryl methyl sites for hydroxylation is 1. The van der Waals surface area contributed by atoms with Crippen molar-refractivity contribution in [1.29, 1.82) is 5.26 Å². The highest BCUT2D eigenvalue weighted by molar-refractivity contribution is 5.77. The van der Waals surface area contributed by atoms with Crippen molar-refractivity contribution < 1.29 is 0 Å². The molecule has 1 aromatic heterocycles. The van der Waals surface area contributed by atoms with Gasteiger partial charge in [-0.05, 0) is 25.0 Å². The summed E-state index contributed by atoms with van der Waals surface area (Å²) >= 11 is 0. The van der Waals surface area contributed by atoms with Gasteiger partial charge in [0.1, 0.15) is 6.07 Å². The third-order valence-electron chi connectivity index (χ3n) is 4.28. The molecule has 3 rings (SSSR count). The Morgan fingerprint density at radius 2 is 2.09 bits per heavy atom. The van der Waals surface area contributed by atoms with Gasteiger partial charge in [0.15, 0.2) is 0 Å². The van der Waals surface area contributed by atoms with Gasteiger partial charge in [0.05, 0.1) is 23.2 Å². The van der Waals surface area contributed by atoms with Crippen LogP contribution in [0.25, 0.3) is 5.57 Å². The maximum Gasteiger partial charge on any atom is 0.101 e. The predicted octanol–water partition coefficient (Wildman–Crippen LogP) is 2.65. The molecule has 0 atom stereocenters. The Hall–Kier alpha value is -2.74. The molecular weight excluding hydrogens is 286 g/mol. The summed E-state index contributed by atoms with van der Waals surface area (Å²) in [6, 6.07) is 2.27.